The van der Waals surface area contributed by atoms with Crippen LogP contribution in [-0.4, -0.2) is 12.2 Å². The van der Waals surface area contributed by atoms with Crippen LogP contribution in [0.25, 0.3) is 10.8 Å². The molecule has 3 rings (SSSR count). The van der Waals surface area contributed by atoms with E-state index >= 15 is 0 Å². The van der Waals surface area contributed by atoms with Crippen LogP contribution < -0.4 is 10.1 Å². The molecule has 1 unspecified atom stereocenters. The van der Waals surface area contributed by atoms with E-state index in [-0.39, 0.29) is 6.04 Å². The molecular formula is C19H19NO2. The van der Waals surface area contributed by atoms with Gasteiger partial charge in [0.2, 0.25) is 0 Å². The SMILES string of the molecule is COc1ccccc1NC(C)c1ccc2ccccc2c1O. The van der Waals surface area contributed by atoms with Gasteiger partial charge in [-0.1, -0.05) is 48.5 Å². The average molecular weight is 293 g/mol. The van der Waals surface area contributed by atoms with E-state index in [0.717, 1.165) is 27.8 Å². The fraction of sp³-hybridized carbons (Fsp3) is 0.158. The highest BCUT2D eigenvalue weighted by Crippen LogP contribution is 2.35. The second-order valence-electron chi connectivity index (χ2n) is 5.29. The molecule has 3 nitrogen and oxygen atoms in total. The first-order chi connectivity index (χ1) is 10.7. The fourth-order valence-corrected chi connectivity index (χ4v) is 2.70. The van der Waals surface area contributed by atoms with Gasteiger partial charge in [-0.25, -0.2) is 0 Å². The highest BCUT2D eigenvalue weighted by molar-refractivity contribution is 5.89. The molecule has 0 aliphatic heterocycles. The van der Waals surface area contributed by atoms with E-state index < -0.39 is 0 Å². The number of nitrogens with one attached hydrogen (secondary N) is 1. The van der Waals surface area contributed by atoms with Crippen LogP contribution in [0.4, 0.5) is 5.69 Å². The maximum absolute atomic E-state index is 10.6. The molecule has 112 valence electrons. The van der Waals surface area contributed by atoms with E-state index in [4.69, 9.17) is 4.74 Å². The average Bonchev–Trinajstić information content (AvgIpc) is 2.56. The molecule has 0 fully saturated rings. The molecule has 3 aromatic carbocycles. The third kappa shape index (κ3) is 2.58. The molecule has 1 atom stereocenters. The lowest BCUT2D eigenvalue weighted by molar-refractivity contribution is 0.416. The van der Waals surface area contributed by atoms with Crippen LogP contribution in [0.1, 0.15) is 18.5 Å². The van der Waals surface area contributed by atoms with E-state index in [0.29, 0.717) is 5.75 Å². The summed E-state index contributed by atoms with van der Waals surface area (Å²) in [6, 6.07) is 19.6. The van der Waals surface area contributed by atoms with Crippen molar-refractivity contribution in [1.29, 1.82) is 0 Å². The molecule has 0 saturated heterocycles. The van der Waals surface area contributed by atoms with E-state index in [1.165, 1.54) is 0 Å². The lowest BCUT2D eigenvalue weighted by atomic mass is 10.0. The Kier molecular flexibility index (Phi) is 3.88. The normalized spacial score (nSPS) is 12.1. The molecule has 0 aliphatic carbocycles. The molecule has 0 aliphatic rings. The lowest BCUT2D eigenvalue weighted by Gasteiger charge is -2.19. The van der Waals surface area contributed by atoms with Crippen molar-refractivity contribution in [3.05, 3.63) is 66.2 Å². The number of rotatable bonds is 4. The van der Waals surface area contributed by atoms with Gasteiger partial charge in [-0.15, -0.1) is 0 Å². The molecular weight excluding hydrogens is 274 g/mol. The Hall–Kier alpha value is -2.68. The van der Waals surface area contributed by atoms with Crippen molar-refractivity contribution in [3.63, 3.8) is 0 Å². The van der Waals surface area contributed by atoms with Crippen LogP contribution in [0.5, 0.6) is 11.5 Å². The number of phenolic OH excluding ortho intramolecular Hbond substituents is 1. The summed E-state index contributed by atoms with van der Waals surface area (Å²) >= 11 is 0. The second kappa shape index (κ2) is 5.98. The minimum absolute atomic E-state index is 0.0408. The molecule has 0 spiro atoms. The van der Waals surface area contributed by atoms with Gasteiger partial charge in [0.15, 0.2) is 0 Å². The van der Waals surface area contributed by atoms with Gasteiger partial charge >= 0.3 is 0 Å². The van der Waals surface area contributed by atoms with E-state index in [1.807, 2.05) is 67.6 Å². The maximum atomic E-state index is 10.6. The van der Waals surface area contributed by atoms with Crippen LogP contribution in [0.15, 0.2) is 60.7 Å². The monoisotopic (exact) mass is 293 g/mol. The van der Waals surface area contributed by atoms with Gasteiger partial charge in [0.05, 0.1) is 18.8 Å². The Morgan fingerprint density at radius 1 is 0.955 bits per heavy atom. The number of aromatic hydroxyl groups is 1. The number of phenols is 1. The summed E-state index contributed by atoms with van der Waals surface area (Å²) in [4.78, 5) is 0. The van der Waals surface area contributed by atoms with E-state index in [1.54, 1.807) is 7.11 Å². The van der Waals surface area contributed by atoms with E-state index in [2.05, 4.69) is 5.32 Å². The quantitative estimate of drug-likeness (QED) is 0.731. The Balaban J connectivity index is 1.95. The molecule has 2 N–H and O–H groups in total. The Morgan fingerprint density at radius 3 is 2.50 bits per heavy atom. The number of hydrogen-bond donors (Lipinski definition) is 2. The molecule has 22 heavy (non-hydrogen) atoms. The van der Waals surface area contributed by atoms with Gasteiger partial charge < -0.3 is 15.2 Å². The number of benzene rings is 3. The standard InChI is InChI=1S/C19H19NO2/c1-13(20-17-9-5-6-10-18(17)22-2)15-12-11-14-7-3-4-8-16(14)19(15)21/h3-13,20-21H,1-2H3. The number of anilines is 1. The lowest BCUT2D eigenvalue weighted by Crippen LogP contribution is -2.08. The topological polar surface area (TPSA) is 41.5 Å². The summed E-state index contributed by atoms with van der Waals surface area (Å²) in [5, 5.41) is 15.9. The van der Waals surface area contributed by atoms with Crippen molar-refractivity contribution in [2.75, 3.05) is 12.4 Å². The number of fused-ring (bicyclic) bond motifs is 1. The molecule has 0 bridgehead atoms. The van der Waals surface area contributed by atoms with Gasteiger partial charge in [0.1, 0.15) is 11.5 Å². The van der Waals surface area contributed by atoms with Crippen LogP contribution in [0.3, 0.4) is 0 Å². The van der Waals surface area contributed by atoms with Crippen molar-refractivity contribution in [2.24, 2.45) is 0 Å². The number of para-hydroxylation sites is 2. The molecule has 0 heterocycles. The second-order valence-corrected chi connectivity index (χ2v) is 5.29. The highest BCUT2D eigenvalue weighted by atomic mass is 16.5. The van der Waals surface area contributed by atoms with Gasteiger partial charge in [0, 0.05) is 10.9 Å². The smallest absolute Gasteiger partial charge is 0.141 e. The third-order valence-corrected chi connectivity index (χ3v) is 3.88. The fourth-order valence-electron chi connectivity index (χ4n) is 2.70. The minimum atomic E-state index is -0.0408. The molecule has 0 saturated carbocycles. The van der Waals surface area contributed by atoms with Crippen LogP contribution in [0.2, 0.25) is 0 Å². The van der Waals surface area contributed by atoms with Crippen LogP contribution in [0, 0.1) is 0 Å². The van der Waals surface area contributed by atoms with Crippen LogP contribution >= 0.6 is 0 Å². The first kappa shape index (κ1) is 14.3. The van der Waals surface area contributed by atoms with Crippen molar-refractivity contribution < 1.29 is 9.84 Å². The molecule has 3 heteroatoms. The summed E-state index contributed by atoms with van der Waals surface area (Å²) < 4.78 is 5.36. The van der Waals surface area contributed by atoms with Crippen molar-refractivity contribution in [2.45, 2.75) is 13.0 Å². The molecule has 3 aromatic rings. The van der Waals surface area contributed by atoms with Crippen molar-refractivity contribution >= 4 is 16.5 Å². The summed E-state index contributed by atoms with van der Waals surface area (Å²) in [6.45, 7) is 2.02. The van der Waals surface area contributed by atoms with Gasteiger partial charge in [0.25, 0.3) is 0 Å². The third-order valence-electron chi connectivity index (χ3n) is 3.88. The zero-order chi connectivity index (χ0) is 15.5. The zero-order valence-corrected chi connectivity index (χ0v) is 12.7. The highest BCUT2D eigenvalue weighted by Gasteiger charge is 2.14. The molecule has 0 aromatic heterocycles. The van der Waals surface area contributed by atoms with Crippen molar-refractivity contribution in [1.82, 2.24) is 0 Å². The minimum Gasteiger partial charge on any atom is -0.507 e. The number of ether oxygens (including phenoxy) is 1. The first-order valence-corrected chi connectivity index (χ1v) is 7.31. The van der Waals surface area contributed by atoms with Crippen molar-refractivity contribution in [3.8, 4) is 11.5 Å². The van der Waals surface area contributed by atoms with Gasteiger partial charge in [-0.05, 0) is 24.4 Å². The molecule has 0 amide bonds. The van der Waals surface area contributed by atoms with E-state index in [9.17, 15) is 5.11 Å². The predicted molar refractivity (Wildman–Crippen MR) is 90.6 cm³/mol. The number of methoxy groups -OCH3 is 1. The van der Waals surface area contributed by atoms with Crippen LogP contribution in [-0.2, 0) is 0 Å². The first-order valence-electron chi connectivity index (χ1n) is 7.31. The zero-order valence-electron chi connectivity index (χ0n) is 12.7. The predicted octanol–water partition coefficient (Wildman–Crippen LogP) is 4.73. The maximum Gasteiger partial charge on any atom is 0.141 e. The summed E-state index contributed by atoms with van der Waals surface area (Å²) in [5.41, 5.74) is 1.77. The summed E-state index contributed by atoms with van der Waals surface area (Å²) in [7, 11) is 1.65. The number of hydrogen-bond acceptors (Lipinski definition) is 3. The van der Waals surface area contributed by atoms with Gasteiger partial charge in [-0.3, -0.25) is 0 Å². The Labute approximate surface area is 130 Å². The van der Waals surface area contributed by atoms with Gasteiger partial charge in [-0.2, -0.15) is 0 Å². The molecule has 0 radical (unpaired) electrons. The summed E-state index contributed by atoms with van der Waals surface area (Å²) in [6.07, 6.45) is 0. The Morgan fingerprint density at radius 2 is 1.68 bits per heavy atom. The summed E-state index contributed by atoms with van der Waals surface area (Å²) in [5.74, 6) is 1.11. The Bertz CT molecular complexity index is 798. The largest absolute Gasteiger partial charge is 0.507 e.